The quantitative estimate of drug-likeness (QED) is 0.706. The zero-order valence-electron chi connectivity index (χ0n) is 14.7. The van der Waals surface area contributed by atoms with Crippen LogP contribution in [0.15, 0.2) is 41.6 Å². The lowest BCUT2D eigenvalue weighted by molar-refractivity contribution is 0.0948. The molecule has 0 radical (unpaired) electrons. The highest BCUT2D eigenvalue weighted by Gasteiger charge is 2.14. The van der Waals surface area contributed by atoms with Crippen molar-refractivity contribution in [3.05, 3.63) is 47.9 Å². The fourth-order valence-corrected chi connectivity index (χ4v) is 3.17. The summed E-state index contributed by atoms with van der Waals surface area (Å²) in [6.07, 6.45) is 3.60. The molecule has 1 aliphatic rings. The zero-order chi connectivity index (χ0) is 19.3. The average molecular weight is 391 g/mol. The predicted molar refractivity (Wildman–Crippen MR) is 98.9 cm³/mol. The molecule has 1 aromatic carbocycles. The Morgan fingerprint density at radius 1 is 1.15 bits per heavy atom. The predicted octanol–water partition coefficient (Wildman–Crippen LogP) is -0.0669. The van der Waals surface area contributed by atoms with Gasteiger partial charge in [-0.3, -0.25) is 4.79 Å². The average Bonchev–Trinajstić information content (AvgIpc) is 2.68. The number of hydrogen-bond acceptors (Lipinski definition) is 7. The highest BCUT2D eigenvalue weighted by atomic mass is 32.2. The monoisotopic (exact) mass is 391 g/mol. The number of rotatable bonds is 6. The first-order chi connectivity index (χ1) is 12.9. The summed E-state index contributed by atoms with van der Waals surface area (Å²) in [4.78, 5) is 22.8. The molecule has 1 aliphatic heterocycles. The van der Waals surface area contributed by atoms with Gasteiger partial charge in [0.05, 0.1) is 30.5 Å². The third-order valence-corrected chi connectivity index (χ3v) is 5.09. The molecule has 0 unspecified atom stereocenters. The van der Waals surface area contributed by atoms with Gasteiger partial charge in [-0.2, -0.15) is 0 Å². The van der Waals surface area contributed by atoms with Gasteiger partial charge in [0.25, 0.3) is 5.91 Å². The molecule has 27 heavy (non-hydrogen) atoms. The summed E-state index contributed by atoms with van der Waals surface area (Å²) in [5.74, 6) is 0.418. The number of morpholine rings is 1. The van der Waals surface area contributed by atoms with E-state index in [0.717, 1.165) is 24.5 Å². The smallest absolute Gasteiger partial charge is 0.271 e. The molecule has 1 amide bonds. The van der Waals surface area contributed by atoms with Gasteiger partial charge < -0.3 is 15.0 Å². The van der Waals surface area contributed by atoms with E-state index in [9.17, 15) is 13.2 Å². The molecule has 2 heterocycles. The Bertz CT molecular complexity index is 879. The number of benzene rings is 1. The van der Waals surface area contributed by atoms with Crippen LogP contribution >= 0.6 is 0 Å². The summed E-state index contributed by atoms with van der Waals surface area (Å²) in [5.41, 5.74) is 1.13. The highest BCUT2D eigenvalue weighted by molar-refractivity contribution is 7.89. The first-order valence-electron chi connectivity index (χ1n) is 8.48. The van der Waals surface area contributed by atoms with Gasteiger partial charge in [-0.25, -0.2) is 23.5 Å². The Hall–Kier alpha value is -2.56. The molecule has 0 saturated carbocycles. The molecule has 10 heteroatoms. The highest BCUT2D eigenvalue weighted by Crippen LogP contribution is 2.11. The number of nitrogens with two attached hydrogens (primary N) is 1. The van der Waals surface area contributed by atoms with Crippen LogP contribution in [-0.2, 0) is 21.2 Å². The van der Waals surface area contributed by atoms with Crippen LogP contribution in [0.3, 0.4) is 0 Å². The van der Waals surface area contributed by atoms with Gasteiger partial charge in [-0.05, 0) is 24.1 Å². The van der Waals surface area contributed by atoms with E-state index in [1.807, 2.05) is 0 Å². The second-order valence-corrected chi connectivity index (χ2v) is 7.62. The topological polar surface area (TPSA) is 128 Å². The standard InChI is InChI=1S/C17H21N5O4S/c18-27(24,25)14-3-1-13(2-4-14)5-6-19-17(23)15-11-21-16(12-20-15)22-7-9-26-10-8-22/h1-4,11-12H,5-10H2,(H,19,23)(H2,18,24,25). The number of amides is 1. The number of primary sulfonamides is 1. The van der Waals surface area contributed by atoms with Crippen LogP contribution in [0.25, 0.3) is 0 Å². The minimum Gasteiger partial charge on any atom is -0.378 e. The third-order valence-electron chi connectivity index (χ3n) is 4.16. The van der Waals surface area contributed by atoms with Gasteiger partial charge in [0.2, 0.25) is 10.0 Å². The zero-order valence-corrected chi connectivity index (χ0v) is 15.5. The summed E-state index contributed by atoms with van der Waals surface area (Å²) in [6, 6.07) is 6.23. The van der Waals surface area contributed by atoms with Gasteiger partial charge in [-0.1, -0.05) is 12.1 Å². The Kier molecular flexibility index (Phi) is 5.99. The molecule has 9 nitrogen and oxygen atoms in total. The summed E-state index contributed by atoms with van der Waals surface area (Å²) in [6.45, 7) is 3.21. The van der Waals surface area contributed by atoms with Gasteiger partial charge in [0.1, 0.15) is 11.5 Å². The van der Waals surface area contributed by atoms with E-state index in [0.29, 0.717) is 26.2 Å². The van der Waals surface area contributed by atoms with Gasteiger partial charge in [0.15, 0.2) is 0 Å². The number of carbonyl (C=O) groups is 1. The molecular weight excluding hydrogens is 370 g/mol. The molecular formula is C17H21N5O4S. The van der Waals surface area contributed by atoms with E-state index in [-0.39, 0.29) is 16.5 Å². The van der Waals surface area contributed by atoms with Crippen LogP contribution in [0, 0.1) is 0 Å². The van der Waals surface area contributed by atoms with Gasteiger partial charge in [0, 0.05) is 19.6 Å². The largest absolute Gasteiger partial charge is 0.378 e. The number of hydrogen-bond donors (Lipinski definition) is 2. The van der Waals surface area contributed by atoms with E-state index in [4.69, 9.17) is 9.88 Å². The van der Waals surface area contributed by atoms with Crippen molar-refractivity contribution in [2.45, 2.75) is 11.3 Å². The van der Waals surface area contributed by atoms with Crippen LogP contribution < -0.4 is 15.4 Å². The summed E-state index contributed by atoms with van der Waals surface area (Å²) in [5, 5.41) is 7.84. The van der Waals surface area contributed by atoms with Crippen molar-refractivity contribution in [3.8, 4) is 0 Å². The lowest BCUT2D eigenvalue weighted by Crippen LogP contribution is -2.37. The Labute approximate surface area is 157 Å². The maximum atomic E-state index is 12.2. The maximum absolute atomic E-state index is 12.2. The molecule has 2 aromatic rings. The molecule has 0 atom stereocenters. The minimum atomic E-state index is -3.70. The van der Waals surface area contributed by atoms with Crippen LogP contribution in [-0.4, -0.2) is 57.1 Å². The molecule has 3 N–H and O–H groups in total. The SMILES string of the molecule is NS(=O)(=O)c1ccc(CCNC(=O)c2cnc(N3CCOCC3)cn2)cc1. The van der Waals surface area contributed by atoms with Crippen molar-refractivity contribution in [2.24, 2.45) is 5.14 Å². The third kappa shape index (κ3) is 5.22. The van der Waals surface area contributed by atoms with E-state index < -0.39 is 10.0 Å². The van der Waals surface area contributed by atoms with Crippen molar-refractivity contribution in [1.82, 2.24) is 15.3 Å². The minimum absolute atomic E-state index is 0.0610. The number of ether oxygens (including phenoxy) is 1. The second kappa shape index (κ2) is 8.42. The molecule has 3 rings (SSSR count). The normalized spacial score (nSPS) is 14.8. The molecule has 1 saturated heterocycles. The Morgan fingerprint density at radius 2 is 1.85 bits per heavy atom. The number of sulfonamides is 1. The molecule has 1 aromatic heterocycles. The fraction of sp³-hybridized carbons (Fsp3) is 0.353. The Morgan fingerprint density at radius 3 is 2.44 bits per heavy atom. The van der Waals surface area contributed by atoms with E-state index in [1.54, 1.807) is 18.3 Å². The van der Waals surface area contributed by atoms with Crippen molar-refractivity contribution in [2.75, 3.05) is 37.7 Å². The first kappa shape index (κ1) is 19.2. The molecule has 0 spiro atoms. The lowest BCUT2D eigenvalue weighted by atomic mass is 10.1. The molecule has 1 fully saturated rings. The van der Waals surface area contributed by atoms with Gasteiger partial charge in [-0.15, -0.1) is 0 Å². The Balaban J connectivity index is 1.50. The van der Waals surface area contributed by atoms with Crippen LogP contribution in [0.2, 0.25) is 0 Å². The molecule has 144 valence electrons. The van der Waals surface area contributed by atoms with E-state index >= 15 is 0 Å². The van der Waals surface area contributed by atoms with E-state index in [2.05, 4.69) is 20.2 Å². The number of anilines is 1. The van der Waals surface area contributed by atoms with Crippen LogP contribution in [0.5, 0.6) is 0 Å². The number of carbonyl (C=O) groups excluding carboxylic acids is 1. The van der Waals surface area contributed by atoms with Crippen LogP contribution in [0.4, 0.5) is 5.82 Å². The van der Waals surface area contributed by atoms with Gasteiger partial charge >= 0.3 is 0 Å². The summed E-state index contributed by atoms with van der Waals surface area (Å²) >= 11 is 0. The second-order valence-electron chi connectivity index (χ2n) is 6.05. The van der Waals surface area contributed by atoms with Crippen molar-refractivity contribution in [3.63, 3.8) is 0 Å². The first-order valence-corrected chi connectivity index (χ1v) is 10.0. The summed E-state index contributed by atoms with van der Waals surface area (Å²) in [7, 11) is -3.70. The number of nitrogens with one attached hydrogen (secondary N) is 1. The van der Waals surface area contributed by atoms with E-state index in [1.165, 1.54) is 18.3 Å². The maximum Gasteiger partial charge on any atom is 0.271 e. The van der Waals surface area contributed by atoms with Crippen molar-refractivity contribution in [1.29, 1.82) is 0 Å². The fourth-order valence-electron chi connectivity index (χ4n) is 2.65. The number of nitrogens with zero attached hydrogens (tertiary/aromatic N) is 3. The van der Waals surface area contributed by atoms with Crippen LogP contribution in [0.1, 0.15) is 16.1 Å². The number of aromatic nitrogens is 2. The lowest BCUT2D eigenvalue weighted by Gasteiger charge is -2.27. The summed E-state index contributed by atoms with van der Waals surface area (Å²) < 4.78 is 27.8. The van der Waals surface area contributed by atoms with Crippen molar-refractivity contribution < 1.29 is 17.9 Å². The molecule has 0 bridgehead atoms. The van der Waals surface area contributed by atoms with Crippen molar-refractivity contribution >= 4 is 21.7 Å². The molecule has 0 aliphatic carbocycles.